The summed E-state index contributed by atoms with van der Waals surface area (Å²) in [6.45, 7) is 4.36. The van der Waals surface area contributed by atoms with Crippen molar-refractivity contribution in [1.82, 2.24) is 20.4 Å². The van der Waals surface area contributed by atoms with E-state index in [-0.39, 0.29) is 11.8 Å². The van der Waals surface area contributed by atoms with Gasteiger partial charge in [-0.15, -0.1) is 0 Å². The first-order valence-corrected chi connectivity index (χ1v) is 10.4. The molecule has 0 radical (unpaired) electrons. The van der Waals surface area contributed by atoms with Crippen LogP contribution in [0.1, 0.15) is 45.9 Å². The van der Waals surface area contributed by atoms with Gasteiger partial charge in [-0.05, 0) is 56.1 Å². The van der Waals surface area contributed by atoms with Gasteiger partial charge in [0.1, 0.15) is 0 Å². The van der Waals surface area contributed by atoms with Crippen molar-refractivity contribution in [2.24, 2.45) is 0 Å². The highest BCUT2D eigenvalue weighted by Crippen LogP contribution is 2.32. The third-order valence-corrected chi connectivity index (χ3v) is 5.95. The normalized spacial score (nSPS) is 14.7. The smallest absolute Gasteiger partial charge is 0.255 e. The number of amides is 1. The lowest BCUT2D eigenvalue weighted by Gasteiger charge is -2.25. The summed E-state index contributed by atoms with van der Waals surface area (Å²) in [5.41, 5.74) is 4.58. The molecule has 6 heteroatoms. The molecular formula is C23H25ClN4O. The van der Waals surface area contributed by atoms with Crippen LogP contribution in [-0.4, -0.2) is 28.8 Å². The first-order chi connectivity index (χ1) is 14.1. The summed E-state index contributed by atoms with van der Waals surface area (Å²) in [5.74, 6) is 0.183. The molecular weight excluding hydrogens is 384 g/mol. The van der Waals surface area contributed by atoms with E-state index < -0.39 is 0 Å². The molecule has 2 N–H and O–H groups in total. The van der Waals surface area contributed by atoms with Crippen LogP contribution in [0, 0.1) is 6.92 Å². The molecule has 1 amide bonds. The zero-order valence-corrected chi connectivity index (χ0v) is 17.2. The van der Waals surface area contributed by atoms with Gasteiger partial charge in [0.2, 0.25) is 0 Å². The first-order valence-electron chi connectivity index (χ1n) is 10.0. The van der Waals surface area contributed by atoms with E-state index in [0.29, 0.717) is 17.1 Å². The Bertz CT molecular complexity index is 993. The molecule has 5 nitrogen and oxygen atoms in total. The molecule has 150 valence electrons. The van der Waals surface area contributed by atoms with Gasteiger partial charge in [-0.2, -0.15) is 5.10 Å². The summed E-state index contributed by atoms with van der Waals surface area (Å²) < 4.78 is 1.91. The minimum atomic E-state index is -0.0895. The fourth-order valence-corrected chi connectivity index (χ4v) is 4.08. The molecule has 0 atom stereocenters. The van der Waals surface area contributed by atoms with E-state index in [1.807, 2.05) is 60.1 Å². The van der Waals surface area contributed by atoms with E-state index in [1.165, 1.54) is 0 Å². The van der Waals surface area contributed by atoms with E-state index in [2.05, 4.69) is 15.7 Å². The number of carbonyl (C=O) groups excluding carboxylic acids is 1. The summed E-state index contributed by atoms with van der Waals surface area (Å²) in [6.07, 6.45) is 3.65. The van der Waals surface area contributed by atoms with Crippen LogP contribution < -0.4 is 10.6 Å². The number of piperidine rings is 1. The van der Waals surface area contributed by atoms with Gasteiger partial charge in [0, 0.05) is 17.5 Å². The molecule has 1 saturated heterocycles. The van der Waals surface area contributed by atoms with Gasteiger partial charge < -0.3 is 10.6 Å². The minimum Gasteiger partial charge on any atom is -0.348 e. The second-order valence-electron chi connectivity index (χ2n) is 7.43. The highest BCUT2D eigenvalue weighted by Gasteiger charge is 2.27. The molecule has 1 aliphatic heterocycles. The van der Waals surface area contributed by atoms with Crippen molar-refractivity contribution in [2.45, 2.75) is 32.2 Å². The van der Waals surface area contributed by atoms with Gasteiger partial charge >= 0.3 is 0 Å². The number of hydrogen-bond donors (Lipinski definition) is 2. The maximum absolute atomic E-state index is 13.1. The molecule has 4 rings (SSSR count). The summed E-state index contributed by atoms with van der Waals surface area (Å²) in [5, 5.41) is 11.8. The maximum Gasteiger partial charge on any atom is 0.255 e. The molecule has 0 aliphatic carbocycles. The molecule has 1 fully saturated rings. The van der Waals surface area contributed by atoms with Crippen LogP contribution in [0.4, 0.5) is 0 Å². The summed E-state index contributed by atoms with van der Waals surface area (Å²) >= 11 is 6.36. The SMILES string of the molecule is Cc1c(Cl)cccc1-n1ncc(C(=O)NCc2ccccc2)c1C1CCNCC1. The number of halogens is 1. The van der Waals surface area contributed by atoms with Crippen molar-refractivity contribution in [1.29, 1.82) is 0 Å². The van der Waals surface area contributed by atoms with E-state index in [1.54, 1.807) is 6.20 Å². The van der Waals surface area contributed by atoms with Crippen molar-refractivity contribution < 1.29 is 4.79 Å². The van der Waals surface area contributed by atoms with Crippen LogP contribution in [0.3, 0.4) is 0 Å². The molecule has 0 bridgehead atoms. The standard InChI is InChI=1S/C23H25ClN4O/c1-16-20(24)8-5-9-21(16)28-22(18-10-12-25-13-11-18)19(15-27-28)23(29)26-14-17-6-3-2-4-7-17/h2-9,15,18,25H,10-14H2,1H3,(H,26,29). The number of hydrogen-bond acceptors (Lipinski definition) is 3. The summed E-state index contributed by atoms with van der Waals surface area (Å²) in [6, 6.07) is 15.7. The Balaban J connectivity index is 1.69. The van der Waals surface area contributed by atoms with Crippen molar-refractivity contribution >= 4 is 17.5 Å². The van der Waals surface area contributed by atoms with Crippen LogP contribution in [0.25, 0.3) is 5.69 Å². The molecule has 2 aromatic carbocycles. The van der Waals surface area contributed by atoms with E-state index in [0.717, 1.165) is 48.4 Å². The third kappa shape index (κ3) is 4.21. The number of benzene rings is 2. The molecule has 2 heterocycles. The predicted molar refractivity (Wildman–Crippen MR) is 116 cm³/mol. The van der Waals surface area contributed by atoms with E-state index in [4.69, 9.17) is 11.6 Å². The number of rotatable bonds is 5. The van der Waals surface area contributed by atoms with Crippen LogP contribution in [-0.2, 0) is 6.54 Å². The van der Waals surface area contributed by atoms with Gasteiger partial charge in [0.15, 0.2) is 0 Å². The second-order valence-corrected chi connectivity index (χ2v) is 7.84. The topological polar surface area (TPSA) is 59.0 Å². The highest BCUT2D eigenvalue weighted by atomic mass is 35.5. The molecule has 1 aromatic heterocycles. The van der Waals surface area contributed by atoms with Gasteiger partial charge in [-0.3, -0.25) is 4.79 Å². The Hall–Kier alpha value is -2.63. The molecule has 29 heavy (non-hydrogen) atoms. The summed E-state index contributed by atoms with van der Waals surface area (Å²) in [7, 11) is 0. The Morgan fingerprint density at radius 3 is 2.69 bits per heavy atom. The highest BCUT2D eigenvalue weighted by molar-refractivity contribution is 6.31. The first kappa shape index (κ1) is 19.7. The Morgan fingerprint density at radius 1 is 1.17 bits per heavy atom. The van der Waals surface area contributed by atoms with Crippen molar-refractivity contribution in [2.75, 3.05) is 13.1 Å². The quantitative estimate of drug-likeness (QED) is 0.664. The lowest BCUT2D eigenvalue weighted by atomic mass is 9.91. The van der Waals surface area contributed by atoms with Crippen LogP contribution in [0.2, 0.25) is 5.02 Å². The minimum absolute atomic E-state index is 0.0895. The fraction of sp³-hybridized carbons (Fsp3) is 0.304. The van der Waals surface area contributed by atoms with Crippen molar-refractivity contribution in [3.05, 3.63) is 82.1 Å². The molecule has 1 aliphatic rings. The van der Waals surface area contributed by atoms with Crippen LogP contribution >= 0.6 is 11.6 Å². The van der Waals surface area contributed by atoms with Crippen LogP contribution in [0.15, 0.2) is 54.7 Å². The molecule has 3 aromatic rings. The average Bonchev–Trinajstić information content (AvgIpc) is 3.20. The zero-order chi connectivity index (χ0) is 20.2. The Morgan fingerprint density at radius 2 is 1.93 bits per heavy atom. The fourth-order valence-electron chi connectivity index (χ4n) is 3.91. The van der Waals surface area contributed by atoms with Gasteiger partial charge in [-0.1, -0.05) is 48.0 Å². The van der Waals surface area contributed by atoms with Crippen molar-refractivity contribution in [3.8, 4) is 5.69 Å². The zero-order valence-electron chi connectivity index (χ0n) is 16.5. The lowest BCUT2D eigenvalue weighted by molar-refractivity contribution is 0.0949. The predicted octanol–water partition coefficient (Wildman–Crippen LogP) is 4.23. The van der Waals surface area contributed by atoms with E-state index in [9.17, 15) is 4.79 Å². The Labute approximate surface area is 176 Å². The number of aromatic nitrogens is 2. The second kappa shape index (κ2) is 8.80. The van der Waals surface area contributed by atoms with Gasteiger partial charge in [0.25, 0.3) is 5.91 Å². The number of nitrogens with one attached hydrogen (secondary N) is 2. The monoisotopic (exact) mass is 408 g/mol. The van der Waals surface area contributed by atoms with E-state index >= 15 is 0 Å². The Kier molecular flexibility index (Phi) is 5.97. The number of carbonyl (C=O) groups is 1. The van der Waals surface area contributed by atoms with Gasteiger partial charge in [-0.25, -0.2) is 4.68 Å². The molecule has 0 saturated carbocycles. The summed E-state index contributed by atoms with van der Waals surface area (Å²) in [4.78, 5) is 13.1. The number of nitrogens with zero attached hydrogens (tertiary/aromatic N) is 2. The molecule has 0 spiro atoms. The van der Waals surface area contributed by atoms with Gasteiger partial charge in [0.05, 0.1) is 23.1 Å². The lowest BCUT2D eigenvalue weighted by Crippen LogP contribution is -2.30. The van der Waals surface area contributed by atoms with Crippen molar-refractivity contribution in [3.63, 3.8) is 0 Å². The van der Waals surface area contributed by atoms with Crippen LogP contribution in [0.5, 0.6) is 0 Å². The average molecular weight is 409 g/mol. The largest absolute Gasteiger partial charge is 0.348 e. The third-order valence-electron chi connectivity index (χ3n) is 5.54. The maximum atomic E-state index is 13.1. The molecule has 0 unspecified atom stereocenters.